The molecule has 0 heterocycles. The summed E-state index contributed by atoms with van der Waals surface area (Å²) in [5.74, 6) is -0.873. The first-order valence-corrected chi connectivity index (χ1v) is 7.40. The van der Waals surface area contributed by atoms with Crippen LogP contribution in [0.1, 0.15) is 58.8 Å². The molecule has 0 bridgehead atoms. The normalized spacial score (nSPS) is 23.3. The van der Waals surface area contributed by atoms with Gasteiger partial charge in [-0.1, -0.05) is 26.7 Å². The first kappa shape index (κ1) is 16.0. The lowest BCUT2D eigenvalue weighted by atomic mass is 9.81. The number of aliphatic carboxylic acids is 1. The molecule has 1 saturated carbocycles. The van der Waals surface area contributed by atoms with Crippen LogP contribution >= 0.6 is 0 Å². The molecule has 0 aliphatic heterocycles. The lowest BCUT2D eigenvalue weighted by Crippen LogP contribution is -2.28. The van der Waals surface area contributed by atoms with Crippen molar-refractivity contribution in [1.29, 1.82) is 0 Å². The van der Waals surface area contributed by atoms with E-state index in [0.29, 0.717) is 25.4 Å². The largest absolute Gasteiger partial charge is 0.481 e. The summed E-state index contributed by atoms with van der Waals surface area (Å²) in [5.41, 5.74) is 0. The zero-order chi connectivity index (χ0) is 14.3. The van der Waals surface area contributed by atoms with Gasteiger partial charge in [0.2, 0.25) is 0 Å². The fourth-order valence-electron chi connectivity index (χ4n) is 2.57. The number of carboxylic acid groups (broad SMARTS) is 1. The van der Waals surface area contributed by atoms with Gasteiger partial charge in [-0.25, -0.2) is 0 Å². The Labute approximate surface area is 115 Å². The standard InChI is InChI=1S/C15H26O4/c1-11(2)6-3-4-9-19-15(18)13-8-5-7-12(10-13)14(16)17/h11-13H,3-10H2,1-2H3,(H,16,17). The summed E-state index contributed by atoms with van der Waals surface area (Å²) >= 11 is 0. The van der Waals surface area contributed by atoms with Gasteiger partial charge in [0.15, 0.2) is 0 Å². The minimum atomic E-state index is -0.783. The SMILES string of the molecule is CC(C)CCCCOC(=O)C1CCCC(C(=O)O)C1. The van der Waals surface area contributed by atoms with Crippen LogP contribution in [-0.4, -0.2) is 23.7 Å². The van der Waals surface area contributed by atoms with E-state index in [1.54, 1.807) is 0 Å². The Morgan fingerprint density at radius 2 is 1.89 bits per heavy atom. The highest BCUT2D eigenvalue weighted by Crippen LogP contribution is 2.30. The van der Waals surface area contributed by atoms with E-state index in [0.717, 1.165) is 32.1 Å². The Balaban J connectivity index is 2.20. The number of hydrogen-bond donors (Lipinski definition) is 1. The summed E-state index contributed by atoms with van der Waals surface area (Å²) in [6.45, 7) is 4.83. The average molecular weight is 270 g/mol. The molecule has 4 nitrogen and oxygen atoms in total. The van der Waals surface area contributed by atoms with Gasteiger partial charge in [-0.2, -0.15) is 0 Å². The second kappa shape index (κ2) is 8.18. The molecule has 2 unspecified atom stereocenters. The van der Waals surface area contributed by atoms with Crippen LogP contribution in [0.5, 0.6) is 0 Å². The van der Waals surface area contributed by atoms with E-state index < -0.39 is 5.97 Å². The van der Waals surface area contributed by atoms with Gasteiger partial charge in [-0.15, -0.1) is 0 Å². The summed E-state index contributed by atoms with van der Waals surface area (Å²) in [5, 5.41) is 8.98. The maximum Gasteiger partial charge on any atom is 0.308 e. The van der Waals surface area contributed by atoms with Crippen molar-refractivity contribution in [3.63, 3.8) is 0 Å². The number of unbranched alkanes of at least 4 members (excludes halogenated alkanes) is 1. The van der Waals surface area contributed by atoms with Crippen LogP contribution in [0.15, 0.2) is 0 Å². The molecule has 4 heteroatoms. The molecule has 1 rings (SSSR count). The molecule has 0 amide bonds. The second-order valence-electron chi connectivity index (χ2n) is 5.96. The fraction of sp³-hybridized carbons (Fsp3) is 0.867. The van der Waals surface area contributed by atoms with Crippen LogP contribution in [0.2, 0.25) is 0 Å². The van der Waals surface area contributed by atoms with E-state index in [-0.39, 0.29) is 17.8 Å². The second-order valence-corrected chi connectivity index (χ2v) is 5.96. The number of rotatable bonds is 7. The van der Waals surface area contributed by atoms with Crippen LogP contribution in [-0.2, 0) is 14.3 Å². The van der Waals surface area contributed by atoms with Crippen molar-refractivity contribution in [3.05, 3.63) is 0 Å². The molecule has 1 N–H and O–H groups in total. The Bertz CT molecular complexity index is 299. The van der Waals surface area contributed by atoms with Crippen LogP contribution in [0.3, 0.4) is 0 Å². The molecular formula is C15H26O4. The summed E-state index contributed by atoms with van der Waals surface area (Å²) in [6, 6.07) is 0. The minimum Gasteiger partial charge on any atom is -0.481 e. The van der Waals surface area contributed by atoms with Crippen LogP contribution in [0.4, 0.5) is 0 Å². The van der Waals surface area contributed by atoms with Crippen molar-refractivity contribution in [1.82, 2.24) is 0 Å². The predicted octanol–water partition coefficient (Wildman–Crippen LogP) is 3.25. The molecule has 0 aromatic carbocycles. The number of ether oxygens (including phenoxy) is 1. The molecule has 1 fully saturated rings. The van der Waals surface area contributed by atoms with E-state index in [1.807, 2.05) is 0 Å². The first-order valence-electron chi connectivity index (χ1n) is 7.40. The molecule has 0 aromatic rings. The van der Waals surface area contributed by atoms with Gasteiger partial charge < -0.3 is 9.84 Å². The molecule has 19 heavy (non-hydrogen) atoms. The third-order valence-electron chi connectivity index (χ3n) is 3.78. The number of carboxylic acids is 1. The van der Waals surface area contributed by atoms with Gasteiger partial charge in [-0.05, 0) is 38.0 Å². The summed E-state index contributed by atoms with van der Waals surface area (Å²) in [7, 11) is 0. The molecule has 110 valence electrons. The van der Waals surface area contributed by atoms with Gasteiger partial charge in [0.05, 0.1) is 18.4 Å². The zero-order valence-electron chi connectivity index (χ0n) is 12.1. The quantitative estimate of drug-likeness (QED) is 0.569. The molecule has 2 atom stereocenters. The highest BCUT2D eigenvalue weighted by Gasteiger charge is 2.31. The van der Waals surface area contributed by atoms with E-state index in [9.17, 15) is 9.59 Å². The Morgan fingerprint density at radius 3 is 2.53 bits per heavy atom. The summed E-state index contributed by atoms with van der Waals surface area (Å²) < 4.78 is 5.26. The lowest BCUT2D eigenvalue weighted by Gasteiger charge is -2.25. The smallest absolute Gasteiger partial charge is 0.308 e. The maximum absolute atomic E-state index is 11.8. The third kappa shape index (κ3) is 6.08. The molecule has 0 radical (unpaired) electrons. The minimum absolute atomic E-state index is 0.199. The van der Waals surface area contributed by atoms with Gasteiger partial charge in [-0.3, -0.25) is 9.59 Å². The van der Waals surface area contributed by atoms with E-state index >= 15 is 0 Å². The molecule has 1 aliphatic rings. The first-order chi connectivity index (χ1) is 9.00. The van der Waals surface area contributed by atoms with Gasteiger partial charge in [0.1, 0.15) is 0 Å². The van der Waals surface area contributed by atoms with Crippen LogP contribution in [0, 0.1) is 17.8 Å². The predicted molar refractivity (Wildman–Crippen MR) is 72.7 cm³/mol. The lowest BCUT2D eigenvalue weighted by molar-refractivity contribution is -0.152. The van der Waals surface area contributed by atoms with Crippen LogP contribution in [0.25, 0.3) is 0 Å². The maximum atomic E-state index is 11.8. The molecule has 0 spiro atoms. The molecule has 0 saturated heterocycles. The van der Waals surface area contributed by atoms with Crippen molar-refractivity contribution in [2.24, 2.45) is 17.8 Å². The summed E-state index contributed by atoms with van der Waals surface area (Å²) in [4.78, 5) is 22.8. The van der Waals surface area contributed by atoms with Gasteiger partial charge in [0.25, 0.3) is 0 Å². The fourth-order valence-corrected chi connectivity index (χ4v) is 2.57. The van der Waals surface area contributed by atoms with E-state index in [4.69, 9.17) is 9.84 Å². The van der Waals surface area contributed by atoms with Crippen molar-refractivity contribution in [2.45, 2.75) is 58.8 Å². The van der Waals surface area contributed by atoms with Crippen LogP contribution < -0.4 is 0 Å². The molecular weight excluding hydrogens is 244 g/mol. The van der Waals surface area contributed by atoms with Gasteiger partial charge in [0, 0.05) is 0 Å². The van der Waals surface area contributed by atoms with Crippen molar-refractivity contribution >= 4 is 11.9 Å². The Hall–Kier alpha value is -1.06. The highest BCUT2D eigenvalue weighted by molar-refractivity contribution is 5.75. The average Bonchev–Trinajstić information content (AvgIpc) is 2.37. The Kier molecular flexibility index (Phi) is 6.89. The Morgan fingerprint density at radius 1 is 1.21 bits per heavy atom. The van der Waals surface area contributed by atoms with Gasteiger partial charge >= 0.3 is 11.9 Å². The van der Waals surface area contributed by atoms with E-state index in [1.165, 1.54) is 0 Å². The van der Waals surface area contributed by atoms with Crippen molar-refractivity contribution in [2.75, 3.05) is 6.61 Å². The topological polar surface area (TPSA) is 63.6 Å². The number of hydrogen-bond acceptors (Lipinski definition) is 3. The number of carbonyl (C=O) groups excluding carboxylic acids is 1. The molecule has 0 aromatic heterocycles. The molecule has 1 aliphatic carbocycles. The highest BCUT2D eigenvalue weighted by atomic mass is 16.5. The van der Waals surface area contributed by atoms with Crippen molar-refractivity contribution < 1.29 is 19.4 Å². The zero-order valence-corrected chi connectivity index (χ0v) is 12.1. The van der Waals surface area contributed by atoms with Crippen molar-refractivity contribution in [3.8, 4) is 0 Å². The summed E-state index contributed by atoms with van der Waals surface area (Å²) in [6.07, 6.45) is 5.85. The van der Waals surface area contributed by atoms with E-state index in [2.05, 4.69) is 13.8 Å². The number of esters is 1. The monoisotopic (exact) mass is 270 g/mol. The number of carbonyl (C=O) groups is 2. The third-order valence-corrected chi connectivity index (χ3v) is 3.78.